The fraction of sp³-hybridized carbons (Fsp3) is 0.714. The molecule has 0 saturated carbocycles. The van der Waals surface area contributed by atoms with Gasteiger partial charge in [-0.3, -0.25) is 0 Å². The maximum Gasteiger partial charge on any atom is 0.250 e. The number of alkyl halides is 3. The van der Waals surface area contributed by atoms with E-state index >= 15 is 0 Å². The van der Waals surface area contributed by atoms with Gasteiger partial charge in [-0.05, 0) is 19.8 Å². The van der Waals surface area contributed by atoms with Crippen molar-refractivity contribution in [3.8, 4) is 6.07 Å². The van der Waals surface area contributed by atoms with Crippen molar-refractivity contribution in [1.29, 1.82) is 5.26 Å². The average Bonchev–Trinajstić information content (AvgIpc) is 2.46. The molecule has 1 aromatic heterocycles. The summed E-state index contributed by atoms with van der Waals surface area (Å²) in [6.45, 7) is 6.67. The Morgan fingerprint density at radius 3 is 2.41 bits per heavy atom. The zero-order valence-corrected chi connectivity index (χ0v) is 15.3. The second-order valence-corrected chi connectivity index (χ2v) is 7.26. The van der Waals surface area contributed by atoms with E-state index in [0.717, 1.165) is 12.8 Å². The Labute approximate surface area is 146 Å². The van der Waals surface area contributed by atoms with Crippen molar-refractivity contribution in [3.05, 3.63) is 11.6 Å². The molecule has 0 saturated heterocycles. The average molecular weight is 365 g/mol. The highest BCUT2D eigenvalue weighted by molar-refractivity contribution is 6.66. The Balaban J connectivity index is 3.28. The quantitative estimate of drug-likeness (QED) is 0.679. The van der Waals surface area contributed by atoms with Crippen LogP contribution in [-0.2, 0) is 10.2 Å². The van der Waals surface area contributed by atoms with Gasteiger partial charge in [-0.15, -0.1) is 0 Å². The van der Waals surface area contributed by atoms with E-state index < -0.39 is 3.79 Å². The van der Waals surface area contributed by atoms with Gasteiger partial charge in [-0.2, -0.15) is 15.2 Å². The molecular formula is C14H20Cl3N5. The van der Waals surface area contributed by atoms with Crippen molar-refractivity contribution in [2.45, 2.75) is 56.3 Å². The Hall–Kier alpha value is -0.830. The molecule has 1 heterocycles. The summed E-state index contributed by atoms with van der Waals surface area (Å²) < 4.78 is -1.70. The molecule has 22 heavy (non-hydrogen) atoms. The molecule has 0 bridgehead atoms. The van der Waals surface area contributed by atoms with Crippen LogP contribution in [0.25, 0.3) is 0 Å². The second-order valence-electron chi connectivity index (χ2n) is 4.98. The predicted octanol–water partition coefficient (Wildman–Crippen LogP) is 4.17. The lowest BCUT2D eigenvalue weighted by Gasteiger charge is -2.28. The topological polar surface area (TPSA) is 65.7 Å². The van der Waals surface area contributed by atoms with Crippen LogP contribution in [0.4, 0.5) is 5.95 Å². The molecule has 5 nitrogen and oxygen atoms in total. The van der Waals surface area contributed by atoms with Crippen LogP contribution in [0.1, 0.15) is 51.7 Å². The van der Waals surface area contributed by atoms with Crippen LogP contribution in [0, 0.1) is 11.3 Å². The largest absolute Gasteiger partial charge is 0.337 e. The van der Waals surface area contributed by atoms with Crippen molar-refractivity contribution in [3.63, 3.8) is 0 Å². The summed E-state index contributed by atoms with van der Waals surface area (Å²) in [6.07, 6.45) is 2.83. The molecule has 0 spiro atoms. The molecule has 0 N–H and O–H groups in total. The van der Waals surface area contributed by atoms with Crippen LogP contribution in [0.15, 0.2) is 0 Å². The second kappa shape index (κ2) is 8.71. The van der Waals surface area contributed by atoms with Crippen LogP contribution >= 0.6 is 34.8 Å². The number of aryl methyl sites for hydroxylation is 1. The number of nitrogens with zero attached hydrogens (tertiary/aromatic N) is 5. The maximum absolute atomic E-state index is 8.85. The number of rotatable bonds is 7. The number of nitriles is 1. The van der Waals surface area contributed by atoms with Crippen molar-refractivity contribution >= 4 is 40.8 Å². The summed E-state index contributed by atoms with van der Waals surface area (Å²) in [6, 6.07) is 2.31. The van der Waals surface area contributed by atoms with Gasteiger partial charge in [0.1, 0.15) is 5.82 Å². The van der Waals surface area contributed by atoms with Gasteiger partial charge < -0.3 is 4.90 Å². The predicted molar refractivity (Wildman–Crippen MR) is 90.4 cm³/mol. The van der Waals surface area contributed by atoms with E-state index in [2.05, 4.69) is 34.9 Å². The Morgan fingerprint density at radius 2 is 1.91 bits per heavy atom. The minimum atomic E-state index is -1.70. The summed E-state index contributed by atoms with van der Waals surface area (Å²) >= 11 is 17.8. The van der Waals surface area contributed by atoms with Crippen molar-refractivity contribution in [2.75, 3.05) is 11.4 Å². The normalized spacial score (nSPS) is 12.8. The zero-order chi connectivity index (χ0) is 16.8. The van der Waals surface area contributed by atoms with Gasteiger partial charge in [-0.1, -0.05) is 48.7 Å². The summed E-state index contributed by atoms with van der Waals surface area (Å²) in [5.74, 6) is 1.18. The summed E-state index contributed by atoms with van der Waals surface area (Å²) in [5.41, 5.74) is 0. The van der Waals surface area contributed by atoms with E-state index in [-0.39, 0.29) is 11.9 Å². The van der Waals surface area contributed by atoms with Crippen LogP contribution in [0.3, 0.4) is 0 Å². The van der Waals surface area contributed by atoms with Crippen molar-refractivity contribution in [2.24, 2.45) is 0 Å². The lowest BCUT2D eigenvalue weighted by molar-refractivity contribution is 0.596. The lowest BCUT2D eigenvalue weighted by atomic mass is 10.2. The molecule has 0 aromatic carbocycles. The molecule has 1 rings (SSSR count). The minimum absolute atomic E-state index is 0.121. The van der Waals surface area contributed by atoms with Gasteiger partial charge in [0.2, 0.25) is 9.74 Å². The van der Waals surface area contributed by atoms with E-state index in [1.807, 2.05) is 11.8 Å². The highest BCUT2D eigenvalue weighted by atomic mass is 35.6. The fourth-order valence-electron chi connectivity index (χ4n) is 1.91. The summed E-state index contributed by atoms with van der Waals surface area (Å²) in [4.78, 5) is 15.0. The highest BCUT2D eigenvalue weighted by Crippen LogP contribution is 2.36. The van der Waals surface area contributed by atoms with Crippen molar-refractivity contribution in [1.82, 2.24) is 15.0 Å². The molecule has 0 fully saturated rings. The van der Waals surface area contributed by atoms with Crippen LogP contribution in [0.2, 0.25) is 0 Å². The third-order valence-electron chi connectivity index (χ3n) is 3.24. The molecule has 1 atom stereocenters. The monoisotopic (exact) mass is 363 g/mol. The molecule has 0 aliphatic heterocycles. The van der Waals surface area contributed by atoms with Crippen LogP contribution in [0.5, 0.6) is 0 Å². The minimum Gasteiger partial charge on any atom is -0.337 e. The summed E-state index contributed by atoms with van der Waals surface area (Å²) in [7, 11) is 0. The lowest BCUT2D eigenvalue weighted by Crippen LogP contribution is -2.35. The van der Waals surface area contributed by atoms with E-state index in [1.54, 1.807) is 0 Å². The standard InChI is InChI=1S/C14H20Cl3N5/c1-4-7-11-19-12(14(15,16)17)21-13(20-11)22(9-6-8-18)10(3)5-2/h10H,4-7,9H2,1-3H3. The molecule has 0 aliphatic carbocycles. The van der Waals surface area contributed by atoms with Gasteiger partial charge in [0.05, 0.1) is 12.5 Å². The van der Waals surface area contributed by atoms with Crippen molar-refractivity contribution < 1.29 is 0 Å². The third kappa shape index (κ3) is 5.42. The number of aromatic nitrogens is 3. The van der Waals surface area contributed by atoms with Gasteiger partial charge in [-0.25, -0.2) is 4.98 Å². The van der Waals surface area contributed by atoms with Gasteiger partial charge in [0, 0.05) is 19.0 Å². The van der Waals surface area contributed by atoms with E-state index in [9.17, 15) is 0 Å². The van der Waals surface area contributed by atoms with Gasteiger partial charge >= 0.3 is 0 Å². The zero-order valence-electron chi connectivity index (χ0n) is 13.0. The molecular weight excluding hydrogens is 345 g/mol. The molecule has 0 amide bonds. The molecule has 1 aromatic rings. The Kier molecular flexibility index (Phi) is 7.61. The van der Waals surface area contributed by atoms with Crippen LogP contribution in [-0.4, -0.2) is 27.5 Å². The first-order chi connectivity index (χ1) is 10.3. The number of anilines is 1. The van der Waals surface area contributed by atoms with Crippen LogP contribution < -0.4 is 4.90 Å². The molecule has 8 heteroatoms. The van der Waals surface area contributed by atoms with E-state index in [0.29, 0.717) is 31.2 Å². The molecule has 0 radical (unpaired) electrons. The van der Waals surface area contributed by atoms with Gasteiger partial charge in [0.15, 0.2) is 5.82 Å². The Morgan fingerprint density at radius 1 is 1.23 bits per heavy atom. The maximum atomic E-state index is 8.85. The summed E-state index contributed by atoms with van der Waals surface area (Å²) in [5, 5.41) is 8.85. The molecule has 0 aliphatic rings. The first-order valence-electron chi connectivity index (χ1n) is 7.29. The Bertz CT molecular complexity index is 524. The number of hydrogen-bond acceptors (Lipinski definition) is 5. The number of hydrogen-bond donors (Lipinski definition) is 0. The highest BCUT2D eigenvalue weighted by Gasteiger charge is 2.29. The number of halogens is 3. The molecule has 122 valence electrons. The van der Waals surface area contributed by atoms with E-state index in [4.69, 9.17) is 40.1 Å². The first kappa shape index (κ1) is 19.2. The molecule has 1 unspecified atom stereocenters. The third-order valence-corrected chi connectivity index (χ3v) is 3.75. The van der Waals surface area contributed by atoms with E-state index in [1.165, 1.54) is 0 Å². The fourth-order valence-corrected chi connectivity index (χ4v) is 2.16. The SMILES string of the molecule is CCCc1nc(N(CCC#N)C(C)CC)nc(C(Cl)(Cl)Cl)n1. The van der Waals surface area contributed by atoms with Gasteiger partial charge in [0.25, 0.3) is 0 Å². The first-order valence-corrected chi connectivity index (χ1v) is 8.42. The smallest absolute Gasteiger partial charge is 0.250 e.